The number of amides is 2. The van der Waals surface area contributed by atoms with Gasteiger partial charge < -0.3 is 4.74 Å². The zero-order chi connectivity index (χ0) is 14.4. The second-order valence-electron chi connectivity index (χ2n) is 3.94. The van der Waals surface area contributed by atoms with Gasteiger partial charge in [0.2, 0.25) is 11.8 Å². The number of hydrogen-bond acceptors (Lipinski definition) is 4. The standard InChI is InChI=1S/C13H18N2O4/c1-4-11(16)14-6-7-15(12(17)5-2)10(9-14)8-13(18)19-3/h6-7,9H,4-5,8H2,1-3H3. The maximum absolute atomic E-state index is 11.8. The van der Waals surface area contributed by atoms with Gasteiger partial charge in [-0.25, -0.2) is 0 Å². The van der Waals surface area contributed by atoms with Crippen LogP contribution < -0.4 is 0 Å². The van der Waals surface area contributed by atoms with Crippen molar-refractivity contribution in [2.24, 2.45) is 0 Å². The molecule has 19 heavy (non-hydrogen) atoms. The third kappa shape index (κ3) is 3.67. The molecule has 1 rings (SSSR count). The fourth-order valence-electron chi connectivity index (χ4n) is 1.60. The molecular formula is C13H18N2O4. The van der Waals surface area contributed by atoms with Crippen molar-refractivity contribution in [3.05, 3.63) is 24.3 Å². The Bertz CT molecular complexity index is 440. The van der Waals surface area contributed by atoms with Crippen molar-refractivity contribution in [3.8, 4) is 0 Å². The van der Waals surface area contributed by atoms with Gasteiger partial charge in [0.15, 0.2) is 0 Å². The summed E-state index contributed by atoms with van der Waals surface area (Å²) in [5.74, 6) is -0.712. The molecule has 6 heteroatoms. The second kappa shape index (κ2) is 6.72. The maximum atomic E-state index is 11.8. The first kappa shape index (κ1) is 14.9. The van der Waals surface area contributed by atoms with Crippen LogP contribution in [0.25, 0.3) is 0 Å². The molecule has 0 aliphatic carbocycles. The Hall–Kier alpha value is -2.11. The Morgan fingerprint density at radius 1 is 1.11 bits per heavy atom. The number of ether oxygens (including phenoxy) is 1. The van der Waals surface area contributed by atoms with Gasteiger partial charge >= 0.3 is 5.97 Å². The zero-order valence-electron chi connectivity index (χ0n) is 11.4. The Morgan fingerprint density at radius 2 is 1.74 bits per heavy atom. The van der Waals surface area contributed by atoms with Gasteiger partial charge in [-0.1, -0.05) is 13.8 Å². The SMILES string of the molecule is CCC(=O)N1C=CN(C(=O)CC)C(CC(=O)OC)=C1. The average molecular weight is 266 g/mol. The van der Waals surface area contributed by atoms with E-state index in [0.717, 1.165) is 0 Å². The van der Waals surface area contributed by atoms with Crippen molar-refractivity contribution in [2.75, 3.05) is 7.11 Å². The van der Waals surface area contributed by atoms with E-state index in [1.165, 1.54) is 35.5 Å². The highest BCUT2D eigenvalue weighted by atomic mass is 16.5. The van der Waals surface area contributed by atoms with Crippen molar-refractivity contribution in [2.45, 2.75) is 33.1 Å². The predicted octanol–water partition coefficient (Wildman–Crippen LogP) is 1.35. The minimum atomic E-state index is -0.459. The molecule has 0 aromatic heterocycles. The lowest BCUT2D eigenvalue weighted by Crippen LogP contribution is -2.33. The molecule has 0 bridgehead atoms. The number of carbonyl (C=O) groups excluding carboxylic acids is 3. The highest BCUT2D eigenvalue weighted by molar-refractivity contribution is 5.83. The van der Waals surface area contributed by atoms with Gasteiger partial charge in [0.25, 0.3) is 0 Å². The van der Waals surface area contributed by atoms with Crippen LogP contribution in [0.1, 0.15) is 33.1 Å². The van der Waals surface area contributed by atoms with E-state index in [1.54, 1.807) is 13.8 Å². The van der Waals surface area contributed by atoms with Crippen LogP contribution in [0, 0.1) is 0 Å². The smallest absolute Gasteiger partial charge is 0.311 e. The van der Waals surface area contributed by atoms with Crippen LogP contribution in [0.5, 0.6) is 0 Å². The van der Waals surface area contributed by atoms with Crippen LogP contribution in [0.2, 0.25) is 0 Å². The van der Waals surface area contributed by atoms with Crippen LogP contribution >= 0.6 is 0 Å². The Morgan fingerprint density at radius 3 is 2.26 bits per heavy atom. The lowest BCUT2D eigenvalue weighted by Gasteiger charge is -2.28. The van der Waals surface area contributed by atoms with Gasteiger partial charge in [-0.3, -0.25) is 24.2 Å². The number of rotatable bonds is 4. The Balaban J connectivity index is 2.97. The summed E-state index contributed by atoms with van der Waals surface area (Å²) in [6, 6.07) is 0. The quantitative estimate of drug-likeness (QED) is 0.720. The first-order chi connectivity index (χ1) is 9.03. The lowest BCUT2D eigenvalue weighted by molar-refractivity contribution is -0.140. The summed E-state index contributed by atoms with van der Waals surface area (Å²) >= 11 is 0. The fraction of sp³-hybridized carbons (Fsp3) is 0.462. The summed E-state index contributed by atoms with van der Waals surface area (Å²) in [5, 5.41) is 0. The van der Waals surface area contributed by atoms with Gasteiger partial charge in [-0.2, -0.15) is 0 Å². The predicted molar refractivity (Wildman–Crippen MR) is 68.1 cm³/mol. The first-order valence-electron chi connectivity index (χ1n) is 6.12. The molecule has 1 aliphatic rings. The van der Waals surface area contributed by atoms with E-state index in [0.29, 0.717) is 18.5 Å². The van der Waals surface area contributed by atoms with Gasteiger partial charge in [0.1, 0.15) is 0 Å². The first-order valence-corrected chi connectivity index (χ1v) is 6.12. The van der Waals surface area contributed by atoms with Gasteiger partial charge in [0, 0.05) is 31.4 Å². The third-order valence-electron chi connectivity index (χ3n) is 2.69. The van der Waals surface area contributed by atoms with Gasteiger partial charge in [-0.05, 0) is 0 Å². The van der Waals surface area contributed by atoms with Crippen molar-refractivity contribution in [1.82, 2.24) is 9.80 Å². The van der Waals surface area contributed by atoms with Crippen LogP contribution in [-0.4, -0.2) is 34.7 Å². The van der Waals surface area contributed by atoms with Crippen LogP contribution in [-0.2, 0) is 19.1 Å². The summed E-state index contributed by atoms with van der Waals surface area (Å²) in [6.45, 7) is 3.48. The number of hydrogen-bond donors (Lipinski definition) is 0. The zero-order valence-corrected chi connectivity index (χ0v) is 11.4. The largest absolute Gasteiger partial charge is 0.469 e. The lowest BCUT2D eigenvalue weighted by atomic mass is 10.2. The molecule has 0 unspecified atom stereocenters. The molecule has 0 aromatic carbocycles. The number of methoxy groups -OCH3 is 1. The third-order valence-corrected chi connectivity index (χ3v) is 2.69. The molecule has 0 N–H and O–H groups in total. The maximum Gasteiger partial charge on any atom is 0.311 e. The molecule has 6 nitrogen and oxygen atoms in total. The molecule has 1 aliphatic heterocycles. The van der Waals surface area contributed by atoms with Crippen LogP contribution in [0.3, 0.4) is 0 Å². The summed E-state index contributed by atoms with van der Waals surface area (Å²) in [4.78, 5) is 37.5. The topological polar surface area (TPSA) is 66.9 Å². The average Bonchev–Trinajstić information content (AvgIpc) is 2.45. The van der Waals surface area contributed by atoms with Crippen molar-refractivity contribution in [1.29, 1.82) is 0 Å². The van der Waals surface area contributed by atoms with E-state index >= 15 is 0 Å². The molecule has 0 saturated carbocycles. The van der Waals surface area contributed by atoms with E-state index in [4.69, 9.17) is 0 Å². The Kier molecular flexibility index (Phi) is 5.29. The Labute approximate surface area is 112 Å². The van der Waals surface area contributed by atoms with E-state index < -0.39 is 5.97 Å². The molecule has 0 radical (unpaired) electrons. The molecule has 0 spiro atoms. The molecule has 104 valence electrons. The highest BCUT2D eigenvalue weighted by Crippen LogP contribution is 2.19. The highest BCUT2D eigenvalue weighted by Gasteiger charge is 2.22. The minimum Gasteiger partial charge on any atom is -0.469 e. The minimum absolute atomic E-state index is 0.0555. The van der Waals surface area contributed by atoms with E-state index in [9.17, 15) is 14.4 Å². The summed E-state index contributed by atoms with van der Waals surface area (Å²) < 4.78 is 4.59. The fourth-order valence-corrected chi connectivity index (χ4v) is 1.60. The molecule has 0 aromatic rings. The molecular weight excluding hydrogens is 248 g/mol. The second-order valence-corrected chi connectivity index (χ2v) is 3.94. The van der Waals surface area contributed by atoms with Crippen molar-refractivity contribution >= 4 is 17.8 Å². The van der Waals surface area contributed by atoms with Gasteiger partial charge in [-0.15, -0.1) is 0 Å². The molecule has 1 heterocycles. The summed E-state index contributed by atoms with van der Waals surface area (Å²) in [7, 11) is 1.28. The normalized spacial score (nSPS) is 14.2. The van der Waals surface area contributed by atoms with Crippen molar-refractivity contribution in [3.63, 3.8) is 0 Å². The summed E-state index contributed by atoms with van der Waals surface area (Å²) in [6.07, 6.45) is 5.10. The van der Waals surface area contributed by atoms with Crippen molar-refractivity contribution < 1.29 is 19.1 Å². The molecule has 0 fully saturated rings. The molecule has 0 saturated heterocycles. The van der Waals surface area contributed by atoms with Crippen LogP contribution in [0.15, 0.2) is 24.3 Å². The van der Waals surface area contributed by atoms with Crippen LogP contribution in [0.4, 0.5) is 0 Å². The number of esters is 1. The number of nitrogens with zero attached hydrogens (tertiary/aromatic N) is 2. The number of carbonyl (C=O) groups is 3. The molecule has 0 atom stereocenters. The van der Waals surface area contributed by atoms with E-state index in [-0.39, 0.29) is 18.2 Å². The molecule has 2 amide bonds. The van der Waals surface area contributed by atoms with E-state index in [2.05, 4.69) is 4.74 Å². The summed E-state index contributed by atoms with van der Waals surface area (Å²) in [5.41, 5.74) is 0.433. The van der Waals surface area contributed by atoms with E-state index in [1.807, 2.05) is 0 Å². The van der Waals surface area contributed by atoms with Gasteiger partial charge in [0.05, 0.1) is 19.2 Å². The monoisotopic (exact) mass is 266 g/mol.